The van der Waals surface area contributed by atoms with Crippen molar-refractivity contribution in [2.45, 2.75) is 38.3 Å². The molecule has 0 radical (unpaired) electrons. The van der Waals surface area contributed by atoms with Gasteiger partial charge in [0.15, 0.2) is 0 Å². The molecule has 168 valence electrons. The number of carbonyl (C=O) groups is 1. The minimum atomic E-state index is -0.330. The molecule has 0 amide bonds. The quantitative estimate of drug-likeness (QED) is 0.373. The number of nitrogens with zero attached hydrogens (tertiary/aromatic N) is 3. The smallest absolute Gasteiger partial charge is 0.306 e. The van der Waals surface area contributed by atoms with Gasteiger partial charge >= 0.3 is 5.97 Å². The fraction of sp³-hybridized carbons (Fsp3) is 0.214. The van der Waals surface area contributed by atoms with Crippen molar-refractivity contribution in [1.82, 2.24) is 9.55 Å². The van der Waals surface area contributed by atoms with E-state index in [1.165, 1.54) is 0 Å². The summed E-state index contributed by atoms with van der Waals surface area (Å²) in [4.78, 5) is 30.1. The molecule has 4 aromatic rings. The highest BCUT2D eigenvalue weighted by Crippen LogP contribution is 2.35. The largest absolute Gasteiger partial charge is 0.461 e. The van der Waals surface area contributed by atoms with Gasteiger partial charge in [0.05, 0.1) is 29.0 Å². The molecule has 0 atom stereocenters. The number of esters is 1. The minimum Gasteiger partial charge on any atom is -0.461 e. The lowest BCUT2D eigenvalue weighted by Gasteiger charge is -2.13. The number of carbonyl (C=O) groups excluding carboxylic acids is 1. The molecule has 0 aliphatic heterocycles. The summed E-state index contributed by atoms with van der Waals surface area (Å²) >= 11 is 0. The third kappa shape index (κ3) is 4.46. The molecule has 6 heteroatoms. The number of benzene rings is 3. The second-order valence-electron chi connectivity index (χ2n) is 8.47. The summed E-state index contributed by atoms with van der Waals surface area (Å²) in [6.07, 6.45) is 2.45. The van der Waals surface area contributed by atoms with Gasteiger partial charge in [0, 0.05) is 12.5 Å². The van der Waals surface area contributed by atoms with E-state index < -0.39 is 0 Å². The van der Waals surface area contributed by atoms with Crippen molar-refractivity contribution < 1.29 is 9.53 Å². The Kier molecular flexibility index (Phi) is 5.92. The number of nitriles is 1. The summed E-state index contributed by atoms with van der Waals surface area (Å²) in [5.74, 6) is 0.312. The first-order chi connectivity index (χ1) is 16.6. The SMILES string of the molecule is N#Cc1ccccc1-c1ccc(COC(=O)CCc2nc3ccccc3c(=O)n2C2CC2)cc1. The molecule has 0 bridgehead atoms. The highest BCUT2D eigenvalue weighted by molar-refractivity contribution is 5.77. The second kappa shape index (κ2) is 9.32. The van der Waals surface area contributed by atoms with Crippen LogP contribution in [0.3, 0.4) is 0 Å². The first-order valence-electron chi connectivity index (χ1n) is 11.4. The topological polar surface area (TPSA) is 85.0 Å². The first kappa shape index (κ1) is 21.6. The summed E-state index contributed by atoms with van der Waals surface area (Å²) in [7, 11) is 0. The van der Waals surface area contributed by atoms with Crippen LogP contribution in [0.4, 0.5) is 0 Å². The normalized spacial score (nSPS) is 12.9. The summed E-state index contributed by atoms with van der Waals surface area (Å²) in [6.45, 7) is 0.166. The molecule has 1 heterocycles. The van der Waals surface area contributed by atoms with E-state index in [0.717, 1.165) is 29.5 Å². The predicted molar refractivity (Wildman–Crippen MR) is 129 cm³/mol. The number of fused-ring (bicyclic) bond motifs is 1. The maximum Gasteiger partial charge on any atom is 0.306 e. The van der Waals surface area contributed by atoms with Crippen molar-refractivity contribution in [3.63, 3.8) is 0 Å². The Labute approximate surface area is 197 Å². The molecule has 34 heavy (non-hydrogen) atoms. The van der Waals surface area contributed by atoms with Gasteiger partial charge in [-0.15, -0.1) is 0 Å². The summed E-state index contributed by atoms with van der Waals surface area (Å²) in [5.41, 5.74) is 3.92. The molecule has 0 unspecified atom stereocenters. The molecular weight excluding hydrogens is 426 g/mol. The van der Waals surface area contributed by atoms with Gasteiger partial charge in [-0.3, -0.25) is 14.2 Å². The van der Waals surface area contributed by atoms with Crippen LogP contribution in [0.5, 0.6) is 0 Å². The lowest BCUT2D eigenvalue weighted by molar-refractivity contribution is -0.144. The highest BCUT2D eigenvalue weighted by Gasteiger charge is 2.28. The summed E-state index contributed by atoms with van der Waals surface area (Å²) < 4.78 is 7.22. The Bertz CT molecular complexity index is 1460. The second-order valence-corrected chi connectivity index (χ2v) is 8.47. The van der Waals surface area contributed by atoms with E-state index in [1.807, 2.05) is 60.7 Å². The third-order valence-corrected chi connectivity index (χ3v) is 6.06. The van der Waals surface area contributed by atoms with Crippen LogP contribution in [0.1, 0.15) is 42.3 Å². The standard InChI is InChI=1S/C28H23N3O3/c29-17-21-5-1-2-6-23(21)20-11-9-19(10-12-20)18-34-27(32)16-15-26-30-25-8-4-3-7-24(25)28(33)31(26)22-13-14-22/h1-12,22H,13-16,18H2. The van der Waals surface area contributed by atoms with Crippen LogP contribution in [-0.4, -0.2) is 15.5 Å². The zero-order chi connectivity index (χ0) is 23.5. The monoisotopic (exact) mass is 449 g/mol. The van der Waals surface area contributed by atoms with Crippen LogP contribution >= 0.6 is 0 Å². The van der Waals surface area contributed by atoms with E-state index in [4.69, 9.17) is 4.74 Å². The molecule has 1 aliphatic rings. The average Bonchev–Trinajstić information content (AvgIpc) is 3.72. The molecule has 1 aromatic heterocycles. The Morgan fingerprint density at radius 2 is 1.76 bits per heavy atom. The fourth-order valence-electron chi connectivity index (χ4n) is 4.14. The van der Waals surface area contributed by atoms with Crippen LogP contribution < -0.4 is 5.56 Å². The van der Waals surface area contributed by atoms with Crippen LogP contribution in [0.25, 0.3) is 22.0 Å². The predicted octanol–water partition coefficient (Wildman–Crippen LogP) is 4.95. The Morgan fingerprint density at radius 1 is 1.03 bits per heavy atom. The zero-order valence-corrected chi connectivity index (χ0v) is 18.6. The van der Waals surface area contributed by atoms with E-state index >= 15 is 0 Å². The van der Waals surface area contributed by atoms with E-state index in [2.05, 4.69) is 11.1 Å². The van der Waals surface area contributed by atoms with E-state index in [1.54, 1.807) is 16.7 Å². The Morgan fingerprint density at radius 3 is 2.53 bits per heavy atom. The van der Waals surface area contributed by atoms with Gasteiger partial charge in [-0.1, -0.05) is 54.6 Å². The molecule has 0 N–H and O–H groups in total. The van der Waals surface area contributed by atoms with Gasteiger partial charge in [0.1, 0.15) is 12.4 Å². The molecule has 5 rings (SSSR count). The summed E-state index contributed by atoms with van der Waals surface area (Å²) in [6, 6.07) is 24.8. The Balaban J connectivity index is 1.23. The number of ether oxygens (including phenoxy) is 1. The van der Waals surface area contributed by atoms with Gasteiger partial charge in [0.2, 0.25) is 0 Å². The number of hydrogen-bond donors (Lipinski definition) is 0. The van der Waals surface area contributed by atoms with Crippen LogP contribution in [-0.2, 0) is 22.6 Å². The molecule has 0 spiro atoms. The van der Waals surface area contributed by atoms with E-state index in [0.29, 0.717) is 28.7 Å². The maximum atomic E-state index is 12.9. The van der Waals surface area contributed by atoms with Gasteiger partial charge in [0.25, 0.3) is 5.56 Å². The number of hydrogen-bond acceptors (Lipinski definition) is 5. The van der Waals surface area contributed by atoms with Crippen molar-refractivity contribution in [2.24, 2.45) is 0 Å². The van der Waals surface area contributed by atoms with Crippen LogP contribution in [0.2, 0.25) is 0 Å². The molecule has 3 aromatic carbocycles. The third-order valence-electron chi connectivity index (χ3n) is 6.06. The number of aryl methyl sites for hydroxylation is 1. The lowest BCUT2D eigenvalue weighted by Crippen LogP contribution is -2.25. The summed E-state index contributed by atoms with van der Waals surface area (Å²) in [5, 5.41) is 9.91. The molecule has 6 nitrogen and oxygen atoms in total. The first-order valence-corrected chi connectivity index (χ1v) is 11.4. The highest BCUT2D eigenvalue weighted by atomic mass is 16.5. The number of rotatable bonds is 7. The molecule has 0 saturated heterocycles. The van der Waals surface area contributed by atoms with Crippen molar-refractivity contribution in [1.29, 1.82) is 5.26 Å². The van der Waals surface area contributed by atoms with E-state index in [-0.39, 0.29) is 30.6 Å². The molecule has 1 fully saturated rings. The van der Waals surface area contributed by atoms with Gasteiger partial charge in [-0.05, 0) is 47.7 Å². The average molecular weight is 450 g/mol. The van der Waals surface area contributed by atoms with Gasteiger partial charge in [-0.25, -0.2) is 4.98 Å². The van der Waals surface area contributed by atoms with Gasteiger partial charge in [-0.2, -0.15) is 5.26 Å². The lowest BCUT2D eigenvalue weighted by atomic mass is 9.99. The molecule has 1 saturated carbocycles. The van der Waals surface area contributed by atoms with Crippen LogP contribution in [0, 0.1) is 11.3 Å². The minimum absolute atomic E-state index is 0.0328. The molecular formula is C28H23N3O3. The van der Waals surface area contributed by atoms with Crippen molar-refractivity contribution >= 4 is 16.9 Å². The fourth-order valence-corrected chi connectivity index (χ4v) is 4.14. The van der Waals surface area contributed by atoms with E-state index in [9.17, 15) is 14.9 Å². The van der Waals surface area contributed by atoms with Gasteiger partial charge < -0.3 is 4.74 Å². The zero-order valence-electron chi connectivity index (χ0n) is 18.6. The maximum absolute atomic E-state index is 12.9. The number of aromatic nitrogens is 2. The van der Waals surface area contributed by atoms with Crippen molar-refractivity contribution in [3.05, 3.63) is 100 Å². The molecule has 1 aliphatic carbocycles. The number of para-hydroxylation sites is 1. The van der Waals surface area contributed by atoms with Crippen molar-refractivity contribution in [3.8, 4) is 17.2 Å². The Hall–Kier alpha value is -4.24. The van der Waals surface area contributed by atoms with Crippen LogP contribution in [0.15, 0.2) is 77.6 Å². The van der Waals surface area contributed by atoms with Crippen molar-refractivity contribution in [2.75, 3.05) is 0 Å².